The van der Waals surface area contributed by atoms with Gasteiger partial charge in [-0.1, -0.05) is 133 Å². The first-order valence-electron chi connectivity index (χ1n) is 25.6. The maximum absolute atomic E-state index is 12.5. The van der Waals surface area contributed by atoms with Crippen molar-refractivity contribution in [2.75, 3.05) is 54.1 Å². The zero-order valence-electron chi connectivity index (χ0n) is 46.1. The maximum atomic E-state index is 12.5. The highest BCUT2D eigenvalue weighted by molar-refractivity contribution is 5.72. The van der Waals surface area contributed by atoms with E-state index in [1.807, 2.05) is 125 Å². The lowest BCUT2D eigenvalue weighted by Gasteiger charge is -2.35. The third-order valence-electron chi connectivity index (χ3n) is 10.5. The first-order valence-corrected chi connectivity index (χ1v) is 25.6. The second kappa shape index (κ2) is 49.6. The van der Waals surface area contributed by atoms with Crippen molar-refractivity contribution >= 4 is 5.97 Å². The van der Waals surface area contributed by atoms with Gasteiger partial charge in [-0.15, -0.1) is 0 Å². The number of carbonyl (C=O) groups excluding carboxylic acids is 1. The minimum absolute atomic E-state index is 0.0382. The lowest BCUT2D eigenvalue weighted by Crippen LogP contribution is -2.46. The molecule has 14 heteroatoms. The summed E-state index contributed by atoms with van der Waals surface area (Å²) in [6, 6.07) is 10.4. The van der Waals surface area contributed by atoms with E-state index in [1.54, 1.807) is 27.9 Å². The molecule has 0 aliphatic carbocycles. The summed E-state index contributed by atoms with van der Waals surface area (Å²) in [5, 5.41) is 49.1. The Morgan fingerprint density at radius 3 is 1.89 bits per heavy atom. The Hall–Kier alpha value is -1.79. The van der Waals surface area contributed by atoms with E-state index in [1.165, 1.54) is 6.42 Å². The van der Waals surface area contributed by atoms with Gasteiger partial charge in [-0.25, -0.2) is 5.48 Å². The number of unbranched alkanes of at least 4 members (excludes halogenated alkanes) is 1. The number of ether oxygens (including phenoxy) is 4. The predicted molar refractivity (Wildman–Crippen MR) is 274 cm³/mol. The van der Waals surface area contributed by atoms with E-state index < -0.39 is 48.6 Å². The fourth-order valence-electron chi connectivity index (χ4n) is 6.30. The summed E-state index contributed by atoms with van der Waals surface area (Å²) in [5.74, 6) is -2.02. The van der Waals surface area contributed by atoms with E-state index in [0.29, 0.717) is 32.3 Å². The molecule has 398 valence electrons. The van der Waals surface area contributed by atoms with E-state index in [2.05, 4.69) is 31.2 Å². The quantitative estimate of drug-likeness (QED) is 0.0316. The third-order valence-corrected chi connectivity index (χ3v) is 10.5. The van der Waals surface area contributed by atoms with E-state index in [-0.39, 0.29) is 30.8 Å². The molecule has 6 N–H and O–H groups in total. The number of hydrogen-bond donors (Lipinski definition) is 6. The molecule has 7 unspecified atom stereocenters. The fourth-order valence-corrected chi connectivity index (χ4v) is 6.30. The van der Waals surface area contributed by atoms with Crippen molar-refractivity contribution in [1.82, 2.24) is 15.3 Å². The second-order valence-electron chi connectivity index (χ2n) is 16.1. The highest BCUT2D eigenvalue weighted by atomic mass is 16.6. The van der Waals surface area contributed by atoms with Gasteiger partial charge < -0.3 is 49.4 Å². The minimum atomic E-state index is -0.984. The molecule has 2 fully saturated rings. The molecule has 2 aliphatic rings. The van der Waals surface area contributed by atoms with Crippen LogP contribution in [0.1, 0.15) is 168 Å². The van der Waals surface area contributed by atoms with Crippen LogP contribution in [-0.4, -0.2) is 151 Å². The second-order valence-corrected chi connectivity index (χ2v) is 16.1. The molecule has 0 radical (unpaired) electrons. The number of hydrogen-bond acceptors (Lipinski definition) is 14. The van der Waals surface area contributed by atoms with E-state index in [9.17, 15) is 30.3 Å². The lowest BCUT2D eigenvalue weighted by molar-refractivity contribution is -0.172. The van der Waals surface area contributed by atoms with Crippen molar-refractivity contribution in [3.63, 3.8) is 0 Å². The molecule has 2 aliphatic heterocycles. The molecule has 0 bridgehead atoms. The van der Waals surface area contributed by atoms with Crippen molar-refractivity contribution in [3.05, 3.63) is 35.9 Å². The van der Waals surface area contributed by atoms with Crippen LogP contribution >= 0.6 is 0 Å². The van der Waals surface area contributed by atoms with Crippen molar-refractivity contribution in [3.8, 4) is 0 Å². The average molecular weight is 952 g/mol. The van der Waals surface area contributed by atoms with Crippen LogP contribution in [0.4, 0.5) is 0 Å². The van der Waals surface area contributed by atoms with Crippen molar-refractivity contribution in [1.29, 1.82) is 0 Å². The van der Waals surface area contributed by atoms with Crippen LogP contribution in [0.2, 0.25) is 0 Å². The number of esters is 1. The number of hydroxylamine groups is 1. The van der Waals surface area contributed by atoms with Crippen LogP contribution in [0.15, 0.2) is 30.3 Å². The van der Waals surface area contributed by atoms with E-state index in [4.69, 9.17) is 23.8 Å². The average Bonchev–Trinajstić information content (AvgIpc) is 3.33. The number of benzene rings is 1. The summed E-state index contributed by atoms with van der Waals surface area (Å²) in [4.78, 5) is 22.2. The Balaban J connectivity index is -0.000000312. The van der Waals surface area contributed by atoms with Gasteiger partial charge in [-0.3, -0.25) is 14.5 Å². The molecule has 1 aromatic carbocycles. The predicted octanol–water partition coefficient (Wildman–Crippen LogP) is 8.84. The summed E-state index contributed by atoms with van der Waals surface area (Å²) in [7, 11) is 5.69. The molecule has 0 saturated carbocycles. The molecule has 2 heterocycles. The number of nitrogens with zero attached hydrogens (tertiary/aromatic N) is 2. The Morgan fingerprint density at radius 1 is 0.879 bits per heavy atom. The highest BCUT2D eigenvalue weighted by Gasteiger charge is 2.33. The van der Waals surface area contributed by atoms with Crippen LogP contribution in [-0.2, 0) is 35.2 Å². The normalized spacial score (nSPS) is 22.3. The van der Waals surface area contributed by atoms with Crippen LogP contribution in [0.5, 0.6) is 0 Å². The Morgan fingerprint density at radius 2 is 1.42 bits per heavy atom. The molecule has 3 rings (SSSR count). The largest absolute Gasteiger partial charge is 0.462 e. The maximum Gasteiger partial charge on any atom is 0.311 e. The molecule has 0 aromatic heterocycles. The third kappa shape index (κ3) is 35.3. The summed E-state index contributed by atoms with van der Waals surface area (Å²) in [6.07, 6.45) is 3.31. The first-order chi connectivity index (χ1) is 31.5. The van der Waals surface area contributed by atoms with Gasteiger partial charge in [0.25, 0.3) is 0 Å². The number of aliphatic hydroxyl groups excluding tert-OH is 5. The topological polar surface area (TPSA) is 183 Å². The number of nitrogens with one attached hydrogen (secondary N) is 1. The zero-order valence-corrected chi connectivity index (χ0v) is 46.1. The van der Waals surface area contributed by atoms with Crippen LogP contribution < -0.4 is 5.48 Å². The lowest BCUT2D eigenvalue weighted by atomic mass is 9.94. The van der Waals surface area contributed by atoms with E-state index in [0.717, 1.165) is 50.6 Å². The van der Waals surface area contributed by atoms with Gasteiger partial charge >= 0.3 is 5.97 Å². The molecule has 2 saturated heterocycles. The standard InChI is InChI=1S/C26H46N2O6.C8H17NO2.C7H14O3.C3H8.4C2H6/c1-6-7-15-28(16-11-14-27-33-18-23-12-9-8-10-13-23)25(31)20(3)22(5)34-26(32)21(4)24(30)19(2)17-29;1-6-4-7(9(2)3)5-8(10)11-6;1-5-7(8)6(9-2)3-4-10-5;1-3-2;4*1-2/h8-10,12-13,19-22,24-25,27,29-31H,6-7,11,14-18H2,1-5H3;6-8,10H,4-5H2,1-3H3;5-8H,3-4H2,1-2H3;3H2,1-2H3;4*1-2H3/t19-,20+,21?,22?,24+,25?;;5?,6-,7+;;;;;/m1.1...../s1. The smallest absolute Gasteiger partial charge is 0.311 e. The van der Waals surface area contributed by atoms with Gasteiger partial charge in [-0.05, 0) is 73.0 Å². The first kappa shape index (κ1) is 73.2. The fraction of sp³-hybridized carbons (Fsp3) is 0.865. The SMILES string of the molecule is CC.CC.CC.CC.CC1CC(N(C)C)CC(O)O1.CCC.CCCCN(CCCNOCc1ccccc1)C(O)[C@@H](C)C(C)OC(=O)C(C)[C@@H](O)[C@H](C)CO.CO[C@@H]1CCOC(C)[C@@H]1O. The van der Waals surface area contributed by atoms with E-state index >= 15 is 0 Å². The van der Waals surface area contributed by atoms with Gasteiger partial charge in [0.2, 0.25) is 0 Å². The Kier molecular flexibility index (Phi) is 55.0. The van der Waals surface area contributed by atoms with Gasteiger partial charge in [0.05, 0.1) is 36.9 Å². The van der Waals surface area contributed by atoms with Gasteiger partial charge in [0.1, 0.15) is 18.4 Å². The van der Waals surface area contributed by atoms with Crippen LogP contribution in [0.25, 0.3) is 0 Å². The molecular weight excluding hydrogens is 843 g/mol. The van der Waals surface area contributed by atoms with Gasteiger partial charge in [0.15, 0.2) is 6.29 Å². The molecule has 0 amide bonds. The molecule has 0 spiro atoms. The zero-order chi connectivity index (χ0) is 52.2. The Bertz CT molecular complexity index is 1120. The summed E-state index contributed by atoms with van der Waals surface area (Å²) in [5.41, 5.74) is 4.08. The number of rotatable bonds is 20. The molecule has 1 aromatic rings. The van der Waals surface area contributed by atoms with Gasteiger partial charge in [-0.2, -0.15) is 0 Å². The molecule has 14 nitrogen and oxygen atoms in total. The number of methoxy groups -OCH3 is 1. The highest BCUT2D eigenvalue weighted by Crippen LogP contribution is 2.22. The molecular formula is C52H109N3O11. The monoisotopic (exact) mass is 952 g/mol. The minimum Gasteiger partial charge on any atom is -0.462 e. The summed E-state index contributed by atoms with van der Waals surface area (Å²) < 4.78 is 21.0. The van der Waals surface area contributed by atoms with Crippen molar-refractivity contribution in [2.24, 2.45) is 17.8 Å². The number of carbonyl (C=O) groups is 1. The van der Waals surface area contributed by atoms with Crippen LogP contribution in [0.3, 0.4) is 0 Å². The molecule has 12 atom stereocenters. The number of aliphatic hydroxyl groups is 5. The van der Waals surface area contributed by atoms with Crippen LogP contribution in [0, 0.1) is 17.8 Å². The van der Waals surface area contributed by atoms with Crippen molar-refractivity contribution < 1.29 is 54.1 Å². The molecule has 66 heavy (non-hydrogen) atoms. The summed E-state index contributed by atoms with van der Waals surface area (Å²) >= 11 is 0. The van der Waals surface area contributed by atoms with Gasteiger partial charge in [0, 0.05) is 64.3 Å². The summed E-state index contributed by atoms with van der Waals surface area (Å²) in [6.45, 7) is 36.2. The Labute approximate surface area is 406 Å². The van der Waals surface area contributed by atoms with Crippen molar-refractivity contribution in [2.45, 2.75) is 224 Å².